The Morgan fingerprint density at radius 3 is 2.39 bits per heavy atom. The van der Waals surface area contributed by atoms with Crippen LogP contribution in [0.3, 0.4) is 0 Å². The number of aromatic nitrogens is 1. The molecule has 264 valence electrons. The first kappa shape index (κ1) is 35.8. The van der Waals surface area contributed by atoms with E-state index in [1.807, 2.05) is 0 Å². The number of piperidine rings is 3. The third-order valence-electron chi connectivity index (χ3n) is 9.69. The third kappa shape index (κ3) is 7.84. The minimum absolute atomic E-state index is 0.0173. The molecule has 0 aliphatic carbocycles. The Balaban J connectivity index is 1.44. The van der Waals surface area contributed by atoms with Crippen LogP contribution in [0.1, 0.15) is 56.9 Å². The van der Waals surface area contributed by atoms with Gasteiger partial charge in [0.25, 0.3) is 0 Å². The molecule has 3 aliphatic heterocycles. The summed E-state index contributed by atoms with van der Waals surface area (Å²) in [7, 11) is 3.02. The van der Waals surface area contributed by atoms with E-state index in [9.17, 15) is 25.2 Å². The first-order valence-corrected chi connectivity index (χ1v) is 17.2. The van der Waals surface area contributed by atoms with Gasteiger partial charge < -0.3 is 24.5 Å². The van der Waals surface area contributed by atoms with Crippen molar-refractivity contribution in [2.45, 2.75) is 37.8 Å². The summed E-state index contributed by atoms with van der Waals surface area (Å²) in [5.74, 6) is -0.642. The molecule has 0 radical (unpaired) electrons. The van der Waals surface area contributed by atoms with Crippen LogP contribution in [-0.2, 0) is 17.7 Å². The van der Waals surface area contributed by atoms with E-state index < -0.39 is 18.0 Å². The Labute approximate surface area is 305 Å². The van der Waals surface area contributed by atoms with Gasteiger partial charge in [0.1, 0.15) is 16.1 Å². The van der Waals surface area contributed by atoms with Crippen LogP contribution < -0.4 is 19.1 Å². The first-order valence-electron chi connectivity index (χ1n) is 16.4. The third-order valence-corrected chi connectivity index (χ3v) is 10.3. The number of carbonyl (C=O) groups excluding carboxylic acids is 1. The zero-order valence-corrected chi connectivity index (χ0v) is 29.6. The number of nitriles is 1. The smallest absolute Gasteiger partial charge is 0.414 e. The van der Waals surface area contributed by atoms with Crippen molar-refractivity contribution in [1.82, 2.24) is 4.90 Å². The molecule has 1 amide bonds. The molecule has 1 aromatic heterocycles. The first-order chi connectivity index (χ1) is 24.6. The minimum Gasteiger partial charge on any atom is -0.619 e. The van der Waals surface area contributed by atoms with E-state index in [0.29, 0.717) is 56.3 Å². The summed E-state index contributed by atoms with van der Waals surface area (Å²) in [5.41, 5.74) is 3.00. The zero-order valence-electron chi connectivity index (χ0n) is 28.1. The molecule has 11 nitrogen and oxygen atoms in total. The van der Waals surface area contributed by atoms with E-state index in [2.05, 4.69) is 11.0 Å². The molecular formula is C38H36Cl2N4O7. The Bertz CT molecular complexity index is 1970. The molecule has 13 heteroatoms. The van der Waals surface area contributed by atoms with Crippen LogP contribution in [0.5, 0.6) is 11.5 Å². The number of carboxylic acid groups (broad SMARTS) is 1. The highest BCUT2D eigenvalue weighted by Gasteiger charge is 2.37. The lowest BCUT2D eigenvalue weighted by Gasteiger charge is -2.44. The van der Waals surface area contributed by atoms with Crippen LogP contribution in [0, 0.1) is 22.5 Å². The molecule has 2 atom stereocenters. The summed E-state index contributed by atoms with van der Waals surface area (Å²) < 4.78 is 17.7. The van der Waals surface area contributed by atoms with E-state index in [1.165, 1.54) is 37.6 Å². The highest BCUT2D eigenvalue weighted by atomic mass is 35.5. The number of amides is 1. The molecule has 1 N–H and O–H groups in total. The maximum atomic E-state index is 14.0. The predicted molar refractivity (Wildman–Crippen MR) is 191 cm³/mol. The Hall–Kier alpha value is -5.02. The van der Waals surface area contributed by atoms with Crippen molar-refractivity contribution in [2.75, 3.05) is 38.8 Å². The summed E-state index contributed by atoms with van der Waals surface area (Å²) >= 11 is 13.1. The van der Waals surface area contributed by atoms with E-state index in [4.69, 9.17) is 37.4 Å². The maximum Gasteiger partial charge on any atom is 0.414 e. The molecule has 4 aromatic rings. The van der Waals surface area contributed by atoms with E-state index in [-0.39, 0.29) is 40.6 Å². The van der Waals surface area contributed by atoms with Gasteiger partial charge in [-0.25, -0.2) is 9.59 Å². The highest BCUT2D eigenvalue weighted by molar-refractivity contribution is 6.35. The summed E-state index contributed by atoms with van der Waals surface area (Å²) in [6.07, 6.45) is 3.61. The van der Waals surface area contributed by atoms with Crippen molar-refractivity contribution in [3.05, 3.63) is 122 Å². The van der Waals surface area contributed by atoms with Crippen molar-refractivity contribution in [2.24, 2.45) is 5.92 Å². The number of hydrogen-bond acceptors (Lipinski definition) is 8. The topological polar surface area (TPSA) is 139 Å². The fraction of sp³-hybridized carbons (Fsp3) is 0.316. The number of carboxylic acids is 1. The molecule has 4 heterocycles. The minimum atomic E-state index is -1.16. The summed E-state index contributed by atoms with van der Waals surface area (Å²) in [5, 5.41) is 32.4. The lowest BCUT2D eigenvalue weighted by Crippen LogP contribution is -2.53. The second-order valence-electron chi connectivity index (χ2n) is 12.7. The number of hydrogen-bond donors (Lipinski definition) is 1. The van der Waals surface area contributed by atoms with Gasteiger partial charge in [0.2, 0.25) is 0 Å². The monoisotopic (exact) mass is 730 g/mol. The van der Waals surface area contributed by atoms with E-state index in [0.717, 1.165) is 25.9 Å². The number of anilines is 1. The lowest BCUT2D eigenvalue weighted by atomic mass is 9.82. The SMILES string of the molecule is COc1ccc([C@H](Cc2c(Cl)c[n+]([O-])cc2Cl)c2cc(CN(C(=O)O[C@H]3CN4CCC3CC4)c3cccc(C#N)c3)ccc2C(=O)O)cc1OC. The van der Waals surface area contributed by atoms with Gasteiger partial charge in [0.15, 0.2) is 23.9 Å². The van der Waals surface area contributed by atoms with Crippen molar-refractivity contribution in [1.29, 1.82) is 5.26 Å². The van der Waals surface area contributed by atoms with E-state index >= 15 is 0 Å². The maximum absolute atomic E-state index is 14.0. The molecule has 3 fully saturated rings. The average Bonchev–Trinajstić information content (AvgIpc) is 3.13. The van der Waals surface area contributed by atoms with Gasteiger partial charge in [-0.2, -0.15) is 9.99 Å². The van der Waals surface area contributed by atoms with Gasteiger partial charge in [-0.1, -0.05) is 47.5 Å². The van der Waals surface area contributed by atoms with Gasteiger partial charge >= 0.3 is 12.1 Å². The van der Waals surface area contributed by atoms with Crippen LogP contribution >= 0.6 is 23.2 Å². The summed E-state index contributed by atoms with van der Waals surface area (Å²) in [6, 6.07) is 19.0. The van der Waals surface area contributed by atoms with Gasteiger partial charge in [-0.3, -0.25) is 9.80 Å². The molecule has 3 aromatic carbocycles. The molecule has 3 saturated heterocycles. The average molecular weight is 732 g/mol. The van der Waals surface area contributed by atoms with Crippen LogP contribution in [0.25, 0.3) is 0 Å². The zero-order chi connectivity index (χ0) is 36.2. The number of ether oxygens (including phenoxy) is 3. The number of fused-ring (bicyclic) bond motifs is 3. The number of pyridine rings is 1. The lowest BCUT2D eigenvalue weighted by molar-refractivity contribution is -0.605. The second kappa shape index (κ2) is 15.5. The molecule has 2 bridgehead atoms. The quantitative estimate of drug-likeness (QED) is 0.130. The standard InChI is InChI=1S/C38H36Cl2N4O7/c1-49-34-9-7-26(16-35(34)50-2)29(17-31-32(39)20-43(48)21-33(31)40)30-15-24(6-8-28(30)37(45)46)19-44(27-5-3-4-23(14-27)18-41)38(47)51-36-22-42-12-10-25(36)11-13-42/h3-9,14-16,20-21,25,29,36H,10-13,17,19,22H2,1-2H3,(H,45,46)/t29-,36-/m0/s1. The van der Waals surface area contributed by atoms with Gasteiger partial charge in [-0.05, 0) is 91.4 Å². The normalized spacial score (nSPS) is 18.4. The number of methoxy groups -OCH3 is 2. The van der Waals surface area contributed by atoms with Gasteiger partial charge in [0.05, 0.1) is 38.0 Å². The van der Waals surface area contributed by atoms with Crippen molar-refractivity contribution >= 4 is 41.0 Å². The van der Waals surface area contributed by atoms with Crippen molar-refractivity contribution < 1.29 is 33.6 Å². The fourth-order valence-electron chi connectivity index (χ4n) is 7.02. The van der Waals surface area contributed by atoms with Crippen molar-refractivity contribution in [3.63, 3.8) is 0 Å². The van der Waals surface area contributed by atoms with Crippen molar-refractivity contribution in [3.8, 4) is 17.6 Å². The van der Waals surface area contributed by atoms with Gasteiger partial charge in [0, 0.05) is 23.7 Å². The van der Waals surface area contributed by atoms with E-state index in [1.54, 1.807) is 54.6 Å². The fourth-order valence-corrected chi connectivity index (χ4v) is 7.62. The molecule has 0 saturated carbocycles. The number of carbonyl (C=O) groups is 2. The molecule has 0 unspecified atom stereocenters. The highest BCUT2D eigenvalue weighted by Crippen LogP contribution is 2.39. The van der Waals surface area contributed by atoms with Gasteiger partial charge in [-0.15, -0.1) is 0 Å². The largest absolute Gasteiger partial charge is 0.619 e. The Kier molecular flexibility index (Phi) is 10.9. The summed E-state index contributed by atoms with van der Waals surface area (Å²) in [6.45, 7) is 2.67. The Morgan fingerprint density at radius 2 is 1.76 bits per heavy atom. The molecule has 0 spiro atoms. The van der Waals surface area contributed by atoms with Crippen LogP contribution in [0.4, 0.5) is 10.5 Å². The second-order valence-corrected chi connectivity index (χ2v) is 13.5. The molecular weight excluding hydrogens is 695 g/mol. The predicted octanol–water partition coefficient (Wildman–Crippen LogP) is 6.83. The molecule has 3 aliphatic rings. The summed E-state index contributed by atoms with van der Waals surface area (Å²) in [4.78, 5) is 30.5. The van der Waals surface area contributed by atoms with Crippen LogP contribution in [-0.4, -0.2) is 62.0 Å². The number of benzene rings is 3. The number of halogens is 2. The number of rotatable bonds is 11. The number of nitrogens with zero attached hydrogens (tertiary/aromatic N) is 4. The molecule has 51 heavy (non-hydrogen) atoms. The molecule has 7 rings (SSSR count). The van der Waals surface area contributed by atoms with Crippen LogP contribution in [0.15, 0.2) is 73.1 Å². The van der Waals surface area contributed by atoms with Crippen LogP contribution in [0.2, 0.25) is 10.0 Å². The Morgan fingerprint density at radius 1 is 1.04 bits per heavy atom. The number of aromatic carboxylic acids is 1.